The van der Waals surface area contributed by atoms with E-state index in [2.05, 4.69) is 10.1 Å². The molecule has 36 heavy (non-hydrogen) atoms. The first-order valence-electron chi connectivity index (χ1n) is 11.1. The van der Waals surface area contributed by atoms with Gasteiger partial charge in [0.25, 0.3) is 5.56 Å². The number of hydrogen-bond acceptors (Lipinski definition) is 8. The van der Waals surface area contributed by atoms with Crippen molar-refractivity contribution in [2.75, 3.05) is 21.3 Å². The van der Waals surface area contributed by atoms with E-state index in [9.17, 15) is 4.79 Å². The van der Waals surface area contributed by atoms with E-state index in [0.717, 1.165) is 16.7 Å². The van der Waals surface area contributed by atoms with Gasteiger partial charge in [-0.15, -0.1) is 5.10 Å². The van der Waals surface area contributed by atoms with E-state index >= 15 is 0 Å². The van der Waals surface area contributed by atoms with Crippen molar-refractivity contribution >= 4 is 22.4 Å². The first-order chi connectivity index (χ1) is 17.6. The van der Waals surface area contributed by atoms with Crippen molar-refractivity contribution in [3.63, 3.8) is 0 Å². The van der Waals surface area contributed by atoms with E-state index in [1.807, 2.05) is 54.6 Å². The minimum absolute atomic E-state index is 0.238. The second-order valence-corrected chi connectivity index (χ2v) is 8.81. The van der Waals surface area contributed by atoms with Crippen LogP contribution in [-0.4, -0.2) is 35.9 Å². The largest absolute Gasteiger partial charge is 0.493 e. The summed E-state index contributed by atoms with van der Waals surface area (Å²) in [5.74, 6) is 2.82. The molecule has 0 aliphatic heterocycles. The number of ether oxygens (including phenoxy) is 4. The molecule has 9 heteroatoms. The average Bonchev–Trinajstić information content (AvgIpc) is 3.46. The summed E-state index contributed by atoms with van der Waals surface area (Å²) in [4.78, 5) is 18.1. The first-order valence-corrected chi connectivity index (χ1v) is 11.9. The van der Waals surface area contributed by atoms with Gasteiger partial charge in [-0.2, -0.15) is 9.50 Å². The summed E-state index contributed by atoms with van der Waals surface area (Å²) in [6.45, 7) is 0.432. The Morgan fingerprint density at radius 1 is 0.861 bits per heavy atom. The van der Waals surface area contributed by atoms with Crippen molar-refractivity contribution in [1.82, 2.24) is 14.6 Å². The number of nitrogens with zero attached hydrogens (tertiary/aromatic N) is 3. The molecule has 5 rings (SSSR count). The van der Waals surface area contributed by atoms with Crippen molar-refractivity contribution < 1.29 is 18.9 Å². The lowest BCUT2D eigenvalue weighted by molar-refractivity contribution is 0.284. The summed E-state index contributed by atoms with van der Waals surface area (Å²) in [5.41, 5.74) is 2.36. The highest BCUT2D eigenvalue weighted by Gasteiger charge is 2.14. The van der Waals surface area contributed by atoms with Crippen LogP contribution in [0.1, 0.15) is 11.1 Å². The predicted octanol–water partition coefficient (Wildman–Crippen LogP) is 3.97. The summed E-state index contributed by atoms with van der Waals surface area (Å²) in [6.07, 6.45) is 1.79. The van der Waals surface area contributed by atoms with Gasteiger partial charge in [-0.05, 0) is 47.5 Å². The number of hydrogen-bond donors (Lipinski definition) is 0. The van der Waals surface area contributed by atoms with Crippen LogP contribution >= 0.6 is 11.3 Å². The molecule has 0 spiro atoms. The third kappa shape index (κ3) is 4.60. The van der Waals surface area contributed by atoms with Crippen molar-refractivity contribution in [2.24, 2.45) is 0 Å². The Morgan fingerprint density at radius 2 is 1.58 bits per heavy atom. The molecule has 0 N–H and O–H groups in total. The van der Waals surface area contributed by atoms with Crippen molar-refractivity contribution in [3.05, 3.63) is 92.7 Å². The maximum atomic E-state index is 13.0. The van der Waals surface area contributed by atoms with E-state index in [-0.39, 0.29) is 5.56 Å². The number of rotatable bonds is 8. The second kappa shape index (κ2) is 10.1. The van der Waals surface area contributed by atoms with Crippen LogP contribution in [0.25, 0.3) is 22.4 Å². The zero-order valence-electron chi connectivity index (χ0n) is 19.9. The highest BCUT2D eigenvalue weighted by atomic mass is 32.1. The van der Waals surface area contributed by atoms with Crippen LogP contribution in [0.5, 0.6) is 23.0 Å². The Labute approximate surface area is 211 Å². The maximum absolute atomic E-state index is 13.0. The van der Waals surface area contributed by atoms with E-state index in [1.165, 1.54) is 15.9 Å². The summed E-state index contributed by atoms with van der Waals surface area (Å²) >= 11 is 1.27. The van der Waals surface area contributed by atoms with Crippen LogP contribution in [0.15, 0.2) is 71.5 Å². The number of aromatic nitrogens is 3. The monoisotopic (exact) mass is 501 g/mol. The summed E-state index contributed by atoms with van der Waals surface area (Å²) in [7, 11) is 4.73. The molecule has 5 aromatic rings. The molecule has 0 unspecified atom stereocenters. The van der Waals surface area contributed by atoms with Gasteiger partial charge in [0.1, 0.15) is 6.61 Å². The molecule has 0 atom stereocenters. The van der Waals surface area contributed by atoms with Gasteiger partial charge in [-0.3, -0.25) is 4.79 Å². The Hall–Kier alpha value is -4.37. The van der Waals surface area contributed by atoms with Gasteiger partial charge in [0.05, 0.1) is 25.9 Å². The predicted molar refractivity (Wildman–Crippen MR) is 138 cm³/mol. The molecule has 0 aliphatic carbocycles. The minimum Gasteiger partial charge on any atom is -0.493 e. The molecule has 0 aliphatic rings. The fraction of sp³-hybridized carbons (Fsp3) is 0.148. The SMILES string of the molecule is COc1ccc(-c2nc3sc(=Cc4ccc(OCc5ccccc5)c(OC)c4)c(=O)n3n2)cc1OC. The van der Waals surface area contributed by atoms with Gasteiger partial charge < -0.3 is 18.9 Å². The highest BCUT2D eigenvalue weighted by molar-refractivity contribution is 7.15. The lowest BCUT2D eigenvalue weighted by atomic mass is 10.2. The molecule has 0 saturated heterocycles. The third-order valence-corrected chi connectivity index (χ3v) is 6.51. The van der Waals surface area contributed by atoms with Crippen LogP contribution < -0.4 is 29.0 Å². The van der Waals surface area contributed by atoms with Crippen molar-refractivity contribution in [2.45, 2.75) is 6.61 Å². The quantitative estimate of drug-likeness (QED) is 0.318. The van der Waals surface area contributed by atoms with Crippen LogP contribution in [0, 0.1) is 0 Å². The molecular weight excluding hydrogens is 478 g/mol. The second-order valence-electron chi connectivity index (χ2n) is 7.80. The fourth-order valence-electron chi connectivity index (χ4n) is 3.71. The molecule has 2 heterocycles. The Bertz CT molecular complexity index is 1630. The smallest absolute Gasteiger partial charge is 0.291 e. The zero-order chi connectivity index (χ0) is 25.1. The molecule has 0 bridgehead atoms. The number of thiazole rings is 1. The lowest BCUT2D eigenvalue weighted by Gasteiger charge is -2.11. The average molecular weight is 502 g/mol. The van der Waals surface area contributed by atoms with Gasteiger partial charge in [0.15, 0.2) is 28.8 Å². The van der Waals surface area contributed by atoms with Gasteiger partial charge in [0.2, 0.25) is 4.96 Å². The summed E-state index contributed by atoms with van der Waals surface area (Å²) in [6, 6.07) is 20.9. The normalized spacial score (nSPS) is 11.6. The molecule has 0 amide bonds. The molecule has 3 aromatic carbocycles. The van der Waals surface area contributed by atoms with E-state index in [4.69, 9.17) is 18.9 Å². The number of fused-ring (bicyclic) bond motifs is 1. The molecule has 8 nitrogen and oxygen atoms in total. The van der Waals surface area contributed by atoms with E-state index < -0.39 is 0 Å². The fourth-order valence-corrected chi connectivity index (χ4v) is 4.62. The molecule has 182 valence electrons. The lowest BCUT2D eigenvalue weighted by Crippen LogP contribution is -2.23. The molecule has 0 saturated carbocycles. The highest BCUT2D eigenvalue weighted by Crippen LogP contribution is 2.31. The van der Waals surface area contributed by atoms with E-state index in [0.29, 0.717) is 44.9 Å². The molecule has 2 aromatic heterocycles. The van der Waals surface area contributed by atoms with Crippen LogP contribution in [0.2, 0.25) is 0 Å². The third-order valence-electron chi connectivity index (χ3n) is 5.55. The van der Waals surface area contributed by atoms with Crippen LogP contribution in [-0.2, 0) is 6.61 Å². The van der Waals surface area contributed by atoms with Crippen LogP contribution in [0.4, 0.5) is 0 Å². The van der Waals surface area contributed by atoms with Crippen LogP contribution in [0.3, 0.4) is 0 Å². The van der Waals surface area contributed by atoms with Crippen molar-refractivity contribution in [1.29, 1.82) is 0 Å². The summed E-state index contributed by atoms with van der Waals surface area (Å²) in [5, 5.41) is 4.42. The van der Waals surface area contributed by atoms with Crippen molar-refractivity contribution in [3.8, 4) is 34.4 Å². The Kier molecular flexibility index (Phi) is 6.55. The zero-order valence-corrected chi connectivity index (χ0v) is 20.7. The van der Waals surface area contributed by atoms with Gasteiger partial charge in [0, 0.05) is 5.56 Å². The standard InChI is InChI=1S/C27H23N3O5S/c1-32-20-12-10-19(15-23(20)34-3)25-28-27-30(29-25)26(31)24(36-27)14-18-9-11-21(22(13-18)33-2)35-16-17-7-5-4-6-8-17/h4-15H,16H2,1-3H3. The first kappa shape index (κ1) is 23.4. The number of benzene rings is 3. The Morgan fingerprint density at radius 3 is 2.31 bits per heavy atom. The topological polar surface area (TPSA) is 84.2 Å². The number of methoxy groups -OCH3 is 3. The Balaban J connectivity index is 1.42. The van der Waals surface area contributed by atoms with E-state index in [1.54, 1.807) is 39.5 Å². The van der Waals surface area contributed by atoms with Gasteiger partial charge >= 0.3 is 0 Å². The maximum Gasteiger partial charge on any atom is 0.291 e. The molecule has 0 fully saturated rings. The van der Waals surface area contributed by atoms with Gasteiger partial charge in [-0.1, -0.05) is 47.7 Å². The van der Waals surface area contributed by atoms with Gasteiger partial charge in [-0.25, -0.2) is 0 Å². The molecular formula is C27H23N3O5S. The minimum atomic E-state index is -0.238. The molecule has 0 radical (unpaired) electrons. The summed E-state index contributed by atoms with van der Waals surface area (Å²) < 4.78 is 23.9.